The average molecular weight is 290 g/mol. The molecule has 5 heteroatoms. The molecule has 0 heterocycles. The smallest absolute Gasteiger partial charge is 0.359 e. The van der Waals surface area contributed by atoms with Gasteiger partial charge in [0.15, 0.2) is 0 Å². The van der Waals surface area contributed by atoms with Crippen molar-refractivity contribution in [3.63, 3.8) is 0 Å². The van der Waals surface area contributed by atoms with E-state index in [9.17, 15) is 4.57 Å². The lowest BCUT2D eigenvalue weighted by Gasteiger charge is -2.32. The van der Waals surface area contributed by atoms with Gasteiger partial charge >= 0.3 is 7.60 Å². The van der Waals surface area contributed by atoms with Gasteiger partial charge in [-0.15, -0.1) is 0 Å². The summed E-state index contributed by atoms with van der Waals surface area (Å²) in [5.41, 5.74) is 0. The van der Waals surface area contributed by atoms with E-state index in [1.807, 2.05) is 13.8 Å². The predicted molar refractivity (Wildman–Crippen MR) is 77.3 cm³/mol. The highest BCUT2D eigenvalue weighted by atomic mass is 31.2. The van der Waals surface area contributed by atoms with Crippen molar-refractivity contribution >= 4 is 7.60 Å². The molecule has 19 heavy (non-hydrogen) atoms. The second kappa shape index (κ2) is 7.58. The minimum atomic E-state index is -3.21. The summed E-state index contributed by atoms with van der Waals surface area (Å²) in [6.07, 6.45) is 3.83. The van der Waals surface area contributed by atoms with Crippen molar-refractivity contribution in [2.24, 2.45) is 11.8 Å². The zero-order chi connectivity index (χ0) is 14.5. The third-order valence-electron chi connectivity index (χ3n) is 3.53. The largest absolute Gasteiger partial charge is 0.376 e. The number of allylic oxidation sites excluding steroid dienone is 1. The van der Waals surface area contributed by atoms with Gasteiger partial charge in [0.2, 0.25) is 0 Å². The molecule has 0 saturated heterocycles. The van der Waals surface area contributed by atoms with E-state index in [2.05, 4.69) is 19.9 Å². The van der Waals surface area contributed by atoms with Crippen LogP contribution >= 0.6 is 7.60 Å². The van der Waals surface area contributed by atoms with Crippen LogP contribution in [0.2, 0.25) is 0 Å². The molecule has 0 aromatic rings. The number of hydrogen-bond acceptors (Lipinski definition) is 4. The van der Waals surface area contributed by atoms with Crippen LogP contribution in [0.25, 0.3) is 0 Å². The van der Waals surface area contributed by atoms with Crippen LogP contribution in [0.4, 0.5) is 0 Å². The van der Waals surface area contributed by atoms with Crippen LogP contribution in [0.3, 0.4) is 0 Å². The monoisotopic (exact) mass is 290 g/mol. The molecule has 4 nitrogen and oxygen atoms in total. The van der Waals surface area contributed by atoms with Crippen molar-refractivity contribution in [1.29, 1.82) is 0 Å². The maximum Gasteiger partial charge on any atom is 0.359 e. The molecule has 0 N–H and O–H groups in total. The molecule has 0 amide bonds. The number of methoxy groups -OCH3 is 1. The summed E-state index contributed by atoms with van der Waals surface area (Å²) in [7, 11) is -1.56. The van der Waals surface area contributed by atoms with Crippen molar-refractivity contribution in [1.82, 2.24) is 0 Å². The maximum atomic E-state index is 12.9. The van der Waals surface area contributed by atoms with Gasteiger partial charge in [-0.3, -0.25) is 4.57 Å². The van der Waals surface area contributed by atoms with Crippen LogP contribution in [-0.2, 0) is 18.3 Å². The van der Waals surface area contributed by atoms with E-state index in [0.29, 0.717) is 30.4 Å². The summed E-state index contributed by atoms with van der Waals surface area (Å²) in [5.74, 6) is 0.931. The molecular formula is C14H27O4P. The Kier molecular flexibility index (Phi) is 6.75. The van der Waals surface area contributed by atoms with E-state index in [0.717, 1.165) is 12.8 Å². The number of ether oxygens (including phenoxy) is 1. The van der Waals surface area contributed by atoms with Crippen molar-refractivity contribution in [3.05, 3.63) is 11.4 Å². The van der Waals surface area contributed by atoms with Gasteiger partial charge in [0.1, 0.15) is 0 Å². The molecule has 1 rings (SSSR count). The normalized spacial score (nSPS) is 24.6. The Bertz CT molecular complexity index is 341. The molecule has 0 saturated carbocycles. The molecule has 0 spiro atoms. The van der Waals surface area contributed by atoms with E-state index >= 15 is 0 Å². The lowest BCUT2D eigenvalue weighted by atomic mass is 9.85. The lowest BCUT2D eigenvalue weighted by Crippen LogP contribution is -2.24. The number of hydrogen-bond donors (Lipinski definition) is 0. The SMILES string of the molecule is CCOP(=O)(OCC)C1=C[C@@H](C(C)C)CC[C@@H]1OC. The van der Waals surface area contributed by atoms with Crippen molar-refractivity contribution in [3.8, 4) is 0 Å². The Balaban J connectivity index is 3.09. The van der Waals surface area contributed by atoms with Gasteiger partial charge in [-0.2, -0.15) is 0 Å². The van der Waals surface area contributed by atoms with Crippen LogP contribution in [0, 0.1) is 11.8 Å². The van der Waals surface area contributed by atoms with Crippen LogP contribution in [0.5, 0.6) is 0 Å². The quantitative estimate of drug-likeness (QED) is 0.659. The standard InChI is InChI=1S/C14H27O4P/c1-6-17-19(15,18-7-2)14-10-12(11(3)4)8-9-13(14)16-5/h10-13H,6-9H2,1-5H3/t12-,13-/m0/s1. The van der Waals surface area contributed by atoms with E-state index < -0.39 is 7.60 Å². The third-order valence-corrected chi connectivity index (χ3v) is 5.80. The molecule has 2 atom stereocenters. The fraction of sp³-hybridized carbons (Fsp3) is 0.857. The molecule has 0 aliphatic heterocycles. The first-order valence-electron chi connectivity index (χ1n) is 7.12. The van der Waals surface area contributed by atoms with Crippen LogP contribution in [0.15, 0.2) is 11.4 Å². The van der Waals surface area contributed by atoms with Gasteiger partial charge in [0.25, 0.3) is 0 Å². The molecule has 0 aromatic heterocycles. The van der Waals surface area contributed by atoms with Gasteiger partial charge < -0.3 is 13.8 Å². The van der Waals surface area contributed by atoms with Gasteiger partial charge in [-0.1, -0.05) is 19.9 Å². The van der Waals surface area contributed by atoms with Crippen molar-refractivity contribution < 1.29 is 18.3 Å². The maximum absolute atomic E-state index is 12.9. The molecule has 0 radical (unpaired) electrons. The zero-order valence-corrected chi connectivity index (χ0v) is 13.6. The van der Waals surface area contributed by atoms with Gasteiger partial charge in [-0.25, -0.2) is 0 Å². The fourth-order valence-corrected chi connectivity index (χ4v) is 4.47. The van der Waals surface area contributed by atoms with Crippen LogP contribution in [-0.4, -0.2) is 26.4 Å². The molecule has 0 fully saturated rings. The summed E-state index contributed by atoms with van der Waals surface area (Å²) in [6.45, 7) is 8.76. The summed E-state index contributed by atoms with van der Waals surface area (Å²) >= 11 is 0. The molecule has 112 valence electrons. The first-order chi connectivity index (χ1) is 8.98. The molecule has 0 unspecified atom stereocenters. The lowest BCUT2D eigenvalue weighted by molar-refractivity contribution is 0.108. The minimum absolute atomic E-state index is 0.154. The van der Waals surface area contributed by atoms with Gasteiger partial charge in [0.05, 0.1) is 24.6 Å². The fourth-order valence-electron chi connectivity index (χ4n) is 2.46. The summed E-state index contributed by atoms with van der Waals surface area (Å²) in [5, 5.41) is 0.712. The molecule has 1 aliphatic carbocycles. The summed E-state index contributed by atoms with van der Waals surface area (Å²) < 4.78 is 29.3. The Morgan fingerprint density at radius 1 is 1.26 bits per heavy atom. The van der Waals surface area contributed by atoms with Gasteiger partial charge in [-0.05, 0) is 38.5 Å². The van der Waals surface area contributed by atoms with Gasteiger partial charge in [0, 0.05) is 7.11 Å². The second-order valence-electron chi connectivity index (χ2n) is 5.13. The van der Waals surface area contributed by atoms with Crippen LogP contribution in [0.1, 0.15) is 40.5 Å². The highest BCUT2D eigenvalue weighted by Gasteiger charge is 2.38. The topological polar surface area (TPSA) is 44.8 Å². The van der Waals surface area contributed by atoms with E-state index in [4.69, 9.17) is 13.8 Å². The van der Waals surface area contributed by atoms with Crippen molar-refractivity contribution in [2.75, 3.05) is 20.3 Å². The highest BCUT2D eigenvalue weighted by Crippen LogP contribution is 2.60. The first-order valence-corrected chi connectivity index (χ1v) is 8.66. The second-order valence-corrected chi connectivity index (χ2v) is 7.16. The molecule has 1 aliphatic rings. The van der Waals surface area contributed by atoms with Crippen LogP contribution < -0.4 is 0 Å². The highest BCUT2D eigenvalue weighted by molar-refractivity contribution is 7.58. The van der Waals surface area contributed by atoms with E-state index in [1.165, 1.54) is 0 Å². The number of rotatable bonds is 7. The molecule has 0 bridgehead atoms. The predicted octanol–water partition coefficient (Wildman–Crippen LogP) is 4.22. The zero-order valence-electron chi connectivity index (χ0n) is 12.7. The molecular weight excluding hydrogens is 263 g/mol. The third kappa shape index (κ3) is 4.16. The van der Waals surface area contributed by atoms with E-state index in [-0.39, 0.29) is 6.10 Å². The molecule has 0 aromatic carbocycles. The Morgan fingerprint density at radius 3 is 2.26 bits per heavy atom. The Labute approximate surface area is 117 Å². The average Bonchev–Trinajstić information content (AvgIpc) is 2.38. The Hall–Kier alpha value is -0.150. The summed E-state index contributed by atoms with van der Waals surface area (Å²) in [6, 6.07) is 0. The van der Waals surface area contributed by atoms with Crippen molar-refractivity contribution in [2.45, 2.75) is 46.6 Å². The minimum Gasteiger partial charge on any atom is -0.376 e. The summed E-state index contributed by atoms with van der Waals surface area (Å²) in [4.78, 5) is 0. The first kappa shape index (κ1) is 16.9. The van der Waals surface area contributed by atoms with E-state index in [1.54, 1.807) is 7.11 Å². The Morgan fingerprint density at radius 2 is 1.84 bits per heavy atom.